The van der Waals surface area contributed by atoms with Gasteiger partial charge in [0.05, 0.1) is 6.54 Å². The van der Waals surface area contributed by atoms with Gasteiger partial charge < -0.3 is 15.2 Å². The predicted octanol–water partition coefficient (Wildman–Crippen LogP) is 0.884. The minimum Gasteiger partial charge on any atom is -0.491 e. The summed E-state index contributed by atoms with van der Waals surface area (Å²) in [5.41, 5.74) is 0. The molecule has 2 N–H and O–H groups in total. The molecule has 0 unspecified atom stereocenters. The summed E-state index contributed by atoms with van der Waals surface area (Å²) in [7, 11) is 1.80. The van der Waals surface area contributed by atoms with Crippen LogP contribution in [-0.2, 0) is 4.79 Å². The summed E-state index contributed by atoms with van der Waals surface area (Å²) < 4.78 is 5.46. The van der Waals surface area contributed by atoms with Gasteiger partial charge in [-0.3, -0.25) is 9.69 Å². The van der Waals surface area contributed by atoms with Gasteiger partial charge in [0.15, 0.2) is 0 Å². The zero-order valence-electron chi connectivity index (χ0n) is 12.2. The third-order valence-corrected chi connectivity index (χ3v) is 2.69. The second-order valence-corrected chi connectivity index (χ2v) is 4.82. The van der Waals surface area contributed by atoms with Crippen LogP contribution in [0.4, 0.5) is 0 Å². The number of para-hydroxylation sites is 1. The van der Waals surface area contributed by atoms with Crippen molar-refractivity contribution in [3.8, 4) is 5.75 Å². The van der Waals surface area contributed by atoms with Crippen molar-refractivity contribution in [3.63, 3.8) is 0 Å². The third kappa shape index (κ3) is 7.11. The Balaban J connectivity index is 2.20. The quantitative estimate of drug-likeness (QED) is 0.705. The van der Waals surface area contributed by atoms with Crippen molar-refractivity contribution < 1.29 is 14.6 Å². The number of benzene rings is 1. The van der Waals surface area contributed by atoms with Crippen molar-refractivity contribution >= 4 is 5.91 Å². The van der Waals surface area contributed by atoms with Gasteiger partial charge in [-0.1, -0.05) is 25.1 Å². The lowest BCUT2D eigenvalue weighted by atomic mass is 10.3. The zero-order valence-corrected chi connectivity index (χ0v) is 12.2. The molecule has 1 atom stereocenters. The fourth-order valence-corrected chi connectivity index (χ4v) is 1.75. The minimum absolute atomic E-state index is 0.0227. The van der Waals surface area contributed by atoms with Crippen LogP contribution in [0.15, 0.2) is 30.3 Å². The molecule has 1 aromatic carbocycles. The standard InChI is InChI=1S/C15H24N2O3/c1-3-9-16-15(19)11-17(2)10-13(18)12-20-14-7-5-4-6-8-14/h4-8,13,18H,3,9-12H2,1-2H3,(H,16,19)/t13-/m0/s1. The maximum Gasteiger partial charge on any atom is 0.234 e. The van der Waals surface area contributed by atoms with E-state index in [-0.39, 0.29) is 19.1 Å². The van der Waals surface area contributed by atoms with Gasteiger partial charge in [0.1, 0.15) is 18.5 Å². The first-order valence-electron chi connectivity index (χ1n) is 6.93. The summed E-state index contributed by atoms with van der Waals surface area (Å²) >= 11 is 0. The van der Waals surface area contributed by atoms with E-state index >= 15 is 0 Å². The third-order valence-electron chi connectivity index (χ3n) is 2.69. The average Bonchev–Trinajstić information content (AvgIpc) is 2.44. The number of hydrogen-bond donors (Lipinski definition) is 2. The zero-order chi connectivity index (χ0) is 14.8. The molecule has 0 saturated heterocycles. The predicted molar refractivity (Wildman–Crippen MR) is 78.7 cm³/mol. The van der Waals surface area contributed by atoms with Crippen LogP contribution in [0.1, 0.15) is 13.3 Å². The van der Waals surface area contributed by atoms with E-state index in [4.69, 9.17) is 4.74 Å². The van der Waals surface area contributed by atoms with E-state index in [1.54, 1.807) is 11.9 Å². The molecule has 1 amide bonds. The topological polar surface area (TPSA) is 61.8 Å². The lowest BCUT2D eigenvalue weighted by Crippen LogP contribution is -2.40. The molecule has 20 heavy (non-hydrogen) atoms. The molecule has 1 aromatic rings. The molecule has 0 aliphatic carbocycles. The first-order chi connectivity index (χ1) is 9.61. The number of carbonyl (C=O) groups excluding carboxylic acids is 1. The highest BCUT2D eigenvalue weighted by Gasteiger charge is 2.11. The molecule has 0 aliphatic heterocycles. The van der Waals surface area contributed by atoms with Gasteiger partial charge in [0, 0.05) is 13.1 Å². The van der Waals surface area contributed by atoms with E-state index in [2.05, 4.69) is 5.32 Å². The summed E-state index contributed by atoms with van der Waals surface area (Å²) in [5, 5.41) is 12.7. The van der Waals surface area contributed by atoms with Crippen LogP contribution in [0, 0.1) is 0 Å². The molecule has 0 heterocycles. The molecule has 0 bridgehead atoms. The summed E-state index contributed by atoms with van der Waals surface area (Å²) in [6, 6.07) is 9.35. The number of aliphatic hydroxyl groups excluding tert-OH is 1. The van der Waals surface area contributed by atoms with Crippen LogP contribution in [0.25, 0.3) is 0 Å². The smallest absolute Gasteiger partial charge is 0.234 e. The molecule has 5 nitrogen and oxygen atoms in total. The van der Waals surface area contributed by atoms with Crippen LogP contribution in [-0.4, -0.2) is 55.3 Å². The van der Waals surface area contributed by atoms with Crippen molar-refractivity contribution in [2.24, 2.45) is 0 Å². The van der Waals surface area contributed by atoms with E-state index in [1.807, 2.05) is 37.3 Å². The first kappa shape index (κ1) is 16.5. The lowest BCUT2D eigenvalue weighted by Gasteiger charge is -2.20. The lowest BCUT2D eigenvalue weighted by molar-refractivity contribution is -0.122. The minimum atomic E-state index is -0.626. The summed E-state index contributed by atoms with van der Waals surface area (Å²) in [6.45, 7) is 3.58. The molecule has 0 aliphatic rings. The number of nitrogens with zero attached hydrogens (tertiary/aromatic N) is 1. The van der Waals surface area contributed by atoms with Gasteiger partial charge in [0.25, 0.3) is 0 Å². The molecule has 0 radical (unpaired) electrons. The molecule has 0 fully saturated rings. The number of hydrogen-bond acceptors (Lipinski definition) is 4. The van der Waals surface area contributed by atoms with Crippen molar-refractivity contribution in [1.82, 2.24) is 10.2 Å². The number of likely N-dealkylation sites (N-methyl/N-ethyl adjacent to an activating group) is 1. The Morgan fingerprint density at radius 3 is 2.75 bits per heavy atom. The van der Waals surface area contributed by atoms with E-state index < -0.39 is 6.10 Å². The Morgan fingerprint density at radius 1 is 1.40 bits per heavy atom. The van der Waals surface area contributed by atoms with Crippen LogP contribution in [0.3, 0.4) is 0 Å². The number of carbonyl (C=O) groups is 1. The number of aliphatic hydroxyl groups is 1. The Morgan fingerprint density at radius 2 is 2.10 bits per heavy atom. The summed E-state index contributed by atoms with van der Waals surface area (Å²) in [5.74, 6) is 0.709. The van der Waals surface area contributed by atoms with Gasteiger partial charge in [-0.15, -0.1) is 0 Å². The second kappa shape index (κ2) is 9.34. The molecule has 1 rings (SSSR count). The first-order valence-corrected chi connectivity index (χ1v) is 6.93. The fraction of sp³-hybridized carbons (Fsp3) is 0.533. The summed E-state index contributed by atoms with van der Waals surface area (Å²) in [6.07, 6.45) is 0.294. The maximum absolute atomic E-state index is 11.5. The Labute approximate surface area is 120 Å². The second-order valence-electron chi connectivity index (χ2n) is 4.82. The summed E-state index contributed by atoms with van der Waals surface area (Å²) in [4.78, 5) is 13.3. The highest BCUT2D eigenvalue weighted by molar-refractivity contribution is 5.77. The fourth-order valence-electron chi connectivity index (χ4n) is 1.75. The molecule has 5 heteroatoms. The van der Waals surface area contributed by atoms with Crippen molar-refractivity contribution in [2.75, 3.05) is 33.3 Å². The molecule has 0 spiro atoms. The van der Waals surface area contributed by atoms with Crippen molar-refractivity contribution in [2.45, 2.75) is 19.4 Å². The Kier molecular flexibility index (Phi) is 7.69. The largest absolute Gasteiger partial charge is 0.491 e. The molecular formula is C15H24N2O3. The highest BCUT2D eigenvalue weighted by Crippen LogP contribution is 2.08. The van der Waals surface area contributed by atoms with Gasteiger partial charge in [-0.2, -0.15) is 0 Å². The average molecular weight is 280 g/mol. The molecular weight excluding hydrogens is 256 g/mol. The van der Waals surface area contributed by atoms with Crippen molar-refractivity contribution in [3.05, 3.63) is 30.3 Å². The number of amides is 1. The van der Waals surface area contributed by atoms with Crippen molar-refractivity contribution in [1.29, 1.82) is 0 Å². The number of nitrogens with one attached hydrogen (secondary N) is 1. The van der Waals surface area contributed by atoms with Gasteiger partial charge in [-0.25, -0.2) is 0 Å². The van der Waals surface area contributed by atoms with E-state index in [0.29, 0.717) is 13.1 Å². The Bertz CT molecular complexity index is 384. The number of rotatable bonds is 9. The van der Waals surface area contributed by atoms with Crippen LogP contribution in [0.5, 0.6) is 5.75 Å². The highest BCUT2D eigenvalue weighted by atomic mass is 16.5. The maximum atomic E-state index is 11.5. The van der Waals surface area contributed by atoms with E-state index in [0.717, 1.165) is 12.2 Å². The molecule has 112 valence electrons. The van der Waals surface area contributed by atoms with E-state index in [1.165, 1.54) is 0 Å². The SMILES string of the molecule is CCCNC(=O)CN(C)C[C@H](O)COc1ccccc1. The molecule has 0 aromatic heterocycles. The van der Waals surface area contributed by atoms with E-state index in [9.17, 15) is 9.90 Å². The molecule has 0 saturated carbocycles. The number of ether oxygens (including phenoxy) is 1. The van der Waals surface area contributed by atoms with Gasteiger partial charge >= 0.3 is 0 Å². The normalized spacial score (nSPS) is 12.2. The van der Waals surface area contributed by atoms with Crippen LogP contribution >= 0.6 is 0 Å². The van der Waals surface area contributed by atoms with Crippen LogP contribution in [0.2, 0.25) is 0 Å². The van der Waals surface area contributed by atoms with Gasteiger partial charge in [-0.05, 0) is 25.6 Å². The van der Waals surface area contributed by atoms with Crippen LogP contribution < -0.4 is 10.1 Å². The Hall–Kier alpha value is -1.59. The monoisotopic (exact) mass is 280 g/mol. The van der Waals surface area contributed by atoms with Gasteiger partial charge in [0.2, 0.25) is 5.91 Å².